The molecule has 3 aliphatic rings. The lowest BCUT2D eigenvalue weighted by Crippen LogP contribution is -2.30. The summed E-state index contributed by atoms with van der Waals surface area (Å²) in [5, 5.41) is 0. The predicted octanol–water partition coefficient (Wildman–Crippen LogP) is 5.61. The van der Waals surface area contributed by atoms with E-state index in [-0.39, 0.29) is 17.5 Å². The Morgan fingerprint density at radius 1 is 0.724 bits per heavy atom. The number of allylic oxidation sites excluding steroid dienone is 4. The van der Waals surface area contributed by atoms with Crippen molar-refractivity contribution in [3.63, 3.8) is 0 Å². The average molecular weight is 386 g/mol. The van der Waals surface area contributed by atoms with Crippen LogP contribution < -0.4 is 4.74 Å². The summed E-state index contributed by atoms with van der Waals surface area (Å²) in [4.78, 5) is 25.7. The molecule has 0 amide bonds. The second-order valence-corrected chi connectivity index (χ2v) is 7.75. The van der Waals surface area contributed by atoms with Gasteiger partial charge in [-0.25, -0.2) is 0 Å². The van der Waals surface area contributed by atoms with Gasteiger partial charge in [0.15, 0.2) is 11.6 Å². The second kappa shape index (κ2) is 7.36. The molecule has 0 saturated carbocycles. The third kappa shape index (κ3) is 3.29. The van der Waals surface area contributed by atoms with Crippen molar-refractivity contribution >= 4 is 11.6 Å². The minimum atomic E-state index is -0.353. The highest BCUT2D eigenvalue weighted by atomic mass is 16.5. The molecular formula is C25H22O4. The van der Waals surface area contributed by atoms with Gasteiger partial charge in [0.1, 0.15) is 23.0 Å². The first-order chi connectivity index (χ1) is 14.2. The van der Waals surface area contributed by atoms with Crippen molar-refractivity contribution in [3.8, 4) is 11.5 Å². The van der Waals surface area contributed by atoms with E-state index in [0.29, 0.717) is 29.7 Å². The molecule has 0 spiro atoms. The Hall–Kier alpha value is -3.14. The van der Waals surface area contributed by atoms with Crippen LogP contribution in [0.3, 0.4) is 0 Å². The summed E-state index contributed by atoms with van der Waals surface area (Å²) in [5.41, 5.74) is 2.25. The van der Waals surface area contributed by atoms with Gasteiger partial charge in [-0.15, -0.1) is 0 Å². The maximum atomic E-state index is 12.9. The van der Waals surface area contributed by atoms with Crippen LogP contribution in [-0.4, -0.2) is 11.6 Å². The van der Waals surface area contributed by atoms with Crippen molar-refractivity contribution in [2.75, 3.05) is 0 Å². The zero-order chi connectivity index (χ0) is 19.8. The van der Waals surface area contributed by atoms with Crippen molar-refractivity contribution in [1.29, 1.82) is 0 Å². The summed E-state index contributed by atoms with van der Waals surface area (Å²) in [5.74, 6) is 2.79. The largest absolute Gasteiger partial charge is 0.465 e. The Morgan fingerprint density at radius 2 is 1.34 bits per heavy atom. The minimum absolute atomic E-state index is 0.0931. The molecule has 29 heavy (non-hydrogen) atoms. The first-order valence-electron chi connectivity index (χ1n) is 10.2. The van der Waals surface area contributed by atoms with E-state index in [9.17, 15) is 9.59 Å². The number of rotatable bonds is 3. The van der Waals surface area contributed by atoms with E-state index in [4.69, 9.17) is 9.47 Å². The smallest absolute Gasteiger partial charge is 0.163 e. The summed E-state index contributed by atoms with van der Waals surface area (Å²) in [6, 6.07) is 17.3. The Bertz CT molecular complexity index is 1000. The molecule has 146 valence electrons. The van der Waals surface area contributed by atoms with E-state index < -0.39 is 0 Å². The second-order valence-electron chi connectivity index (χ2n) is 7.75. The number of carbonyl (C=O) groups excluding carboxylic acids is 2. The molecule has 0 unspecified atom stereocenters. The van der Waals surface area contributed by atoms with Gasteiger partial charge in [-0.2, -0.15) is 0 Å². The van der Waals surface area contributed by atoms with E-state index in [1.54, 1.807) is 0 Å². The Balaban J connectivity index is 1.59. The summed E-state index contributed by atoms with van der Waals surface area (Å²) in [6.45, 7) is 0. The van der Waals surface area contributed by atoms with Crippen LogP contribution >= 0.6 is 0 Å². The van der Waals surface area contributed by atoms with Gasteiger partial charge in [0.25, 0.3) is 0 Å². The summed E-state index contributed by atoms with van der Waals surface area (Å²) >= 11 is 0. The molecule has 4 heteroatoms. The van der Waals surface area contributed by atoms with Crippen LogP contribution in [0.2, 0.25) is 0 Å². The number of Topliss-reactive ketones (excluding diaryl/α,β-unsaturated/α-hetero) is 2. The van der Waals surface area contributed by atoms with Gasteiger partial charge in [0.05, 0.1) is 0 Å². The highest BCUT2D eigenvalue weighted by Crippen LogP contribution is 2.48. The fourth-order valence-electron chi connectivity index (χ4n) is 4.53. The summed E-state index contributed by atoms with van der Waals surface area (Å²) in [6.07, 6.45) is 4.13. The lowest BCUT2D eigenvalue weighted by Gasteiger charge is -2.36. The number of ether oxygens (including phenoxy) is 2. The molecule has 0 atom stereocenters. The van der Waals surface area contributed by atoms with Crippen molar-refractivity contribution < 1.29 is 19.1 Å². The van der Waals surface area contributed by atoms with Gasteiger partial charge in [0.2, 0.25) is 0 Å². The first kappa shape index (κ1) is 17.9. The maximum Gasteiger partial charge on any atom is 0.163 e. The van der Waals surface area contributed by atoms with Gasteiger partial charge < -0.3 is 9.47 Å². The van der Waals surface area contributed by atoms with Gasteiger partial charge in [0, 0.05) is 42.7 Å². The Labute approximate surface area is 169 Å². The van der Waals surface area contributed by atoms with Gasteiger partial charge in [-0.3, -0.25) is 9.59 Å². The molecule has 4 nitrogen and oxygen atoms in total. The van der Waals surface area contributed by atoms with Crippen LogP contribution in [0.4, 0.5) is 0 Å². The lowest BCUT2D eigenvalue weighted by atomic mass is 9.73. The molecule has 0 radical (unpaired) electrons. The third-order valence-electron chi connectivity index (χ3n) is 5.81. The predicted molar refractivity (Wildman–Crippen MR) is 109 cm³/mol. The van der Waals surface area contributed by atoms with E-state index in [1.165, 1.54) is 0 Å². The number of carbonyl (C=O) groups is 2. The molecule has 0 bridgehead atoms. The molecule has 2 aromatic carbocycles. The standard InChI is InChI=1S/C25H22O4/c26-19-11-5-13-21-24(19)23(25-20(27)12-6-14-22(25)29-21)16-7-4-10-18(15-16)28-17-8-2-1-3-9-17/h1-4,7-10,15,23H,5-6,11-14H2. The quantitative estimate of drug-likeness (QED) is 0.688. The van der Waals surface area contributed by atoms with E-state index in [0.717, 1.165) is 48.5 Å². The highest BCUT2D eigenvalue weighted by molar-refractivity contribution is 6.05. The van der Waals surface area contributed by atoms with E-state index >= 15 is 0 Å². The van der Waals surface area contributed by atoms with Crippen LogP contribution in [0.25, 0.3) is 0 Å². The Kier molecular flexibility index (Phi) is 4.55. The maximum absolute atomic E-state index is 12.9. The molecule has 1 heterocycles. The van der Waals surface area contributed by atoms with E-state index in [1.807, 2.05) is 54.6 Å². The molecule has 1 aliphatic heterocycles. The molecule has 0 N–H and O–H groups in total. The molecule has 2 aliphatic carbocycles. The van der Waals surface area contributed by atoms with Gasteiger partial charge in [-0.1, -0.05) is 30.3 Å². The van der Waals surface area contributed by atoms with Gasteiger partial charge >= 0.3 is 0 Å². The Morgan fingerprint density at radius 3 is 2.00 bits per heavy atom. The lowest BCUT2D eigenvalue weighted by molar-refractivity contribution is -0.117. The topological polar surface area (TPSA) is 52.6 Å². The van der Waals surface area contributed by atoms with Crippen LogP contribution in [0.15, 0.2) is 77.3 Å². The van der Waals surface area contributed by atoms with Crippen molar-refractivity contribution in [2.24, 2.45) is 0 Å². The summed E-state index contributed by atoms with van der Waals surface area (Å²) < 4.78 is 12.1. The van der Waals surface area contributed by atoms with E-state index in [2.05, 4.69) is 0 Å². The van der Waals surface area contributed by atoms with Crippen LogP contribution in [0.1, 0.15) is 50.0 Å². The average Bonchev–Trinajstić information content (AvgIpc) is 2.74. The fraction of sp³-hybridized carbons (Fsp3) is 0.280. The zero-order valence-electron chi connectivity index (χ0n) is 16.1. The van der Waals surface area contributed by atoms with Crippen molar-refractivity contribution in [3.05, 3.63) is 82.8 Å². The minimum Gasteiger partial charge on any atom is -0.465 e. The van der Waals surface area contributed by atoms with Crippen LogP contribution in [-0.2, 0) is 14.3 Å². The summed E-state index contributed by atoms with van der Waals surface area (Å²) in [7, 11) is 0. The molecule has 0 saturated heterocycles. The number of para-hydroxylation sites is 1. The molecule has 5 rings (SSSR count). The third-order valence-corrected chi connectivity index (χ3v) is 5.81. The van der Waals surface area contributed by atoms with Gasteiger partial charge in [-0.05, 0) is 42.7 Å². The van der Waals surface area contributed by atoms with Crippen LogP contribution in [0.5, 0.6) is 11.5 Å². The number of benzene rings is 2. The fourth-order valence-corrected chi connectivity index (χ4v) is 4.53. The zero-order valence-corrected chi connectivity index (χ0v) is 16.1. The first-order valence-corrected chi connectivity index (χ1v) is 10.2. The highest BCUT2D eigenvalue weighted by Gasteiger charge is 2.41. The SMILES string of the molecule is O=C1CCCC2=C1C(c1cccc(Oc3ccccc3)c1)C1=C(CCCC1=O)O2. The number of ketones is 2. The molecule has 0 aromatic heterocycles. The molecule has 2 aromatic rings. The van der Waals surface area contributed by atoms with Crippen molar-refractivity contribution in [2.45, 2.75) is 44.4 Å². The monoisotopic (exact) mass is 386 g/mol. The normalized spacial score (nSPS) is 19.6. The van der Waals surface area contributed by atoms with Crippen molar-refractivity contribution in [1.82, 2.24) is 0 Å². The molecular weight excluding hydrogens is 364 g/mol. The van der Waals surface area contributed by atoms with Crippen LogP contribution in [0, 0.1) is 0 Å². The number of hydrogen-bond donors (Lipinski definition) is 0. The number of hydrogen-bond acceptors (Lipinski definition) is 4. The molecule has 0 fully saturated rings.